The number of hydrogen-bond acceptors (Lipinski definition) is 6. The minimum atomic E-state index is -5.01. The van der Waals surface area contributed by atoms with E-state index in [1.54, 1.807) is 0 Å². The monoisotopic (exact) mass is 344 g/mol. The lowest BCUT2D eigenvalue weighted by atomic mass is 10.3. The summed E-state index contributed by atoms with van der Waals surface area (Å²) in [6.07, 6.45) is 1.27. The van der Waals surface area contributed by atoms with Crippen LogP contribution >= 0.6 is 19.4 Å². The van der Waals surface area contributed by atoms with Gasteiger partial charge in [-0.25, -0.2) is 4.79 Å². The van der Waals surface area contributed by atoms with Gasteiger partial charge in [0.15, 0.2) is 0 Å². The van der Waals surface area contributed by atoms with Crippen LogP contribution in [0, 0.1) is 0 Å². The van der Waals surface area contributed by atoms with Crippen LogP contribution < -0.4 is 11.1 Å². The van der Waals surface area contributed by atoms with E-state index in [9.17, 15) is 29.0 Å². The molecule has 0 radical (unpaired) electrons. The Morgan fingerprint density at radius 3 is 2.33 bits per heavy atom. The van der Waals surface area contributed by atoms with Crippen molar-refractivity contribution >= 4 is 31.3 Å². The van der Waals surface area contributed by atoms with Crippen molar-refractivity contribution in [2.45, 2.75) is 31.1 Å². The molecule has 0 rings (SSSR count). The molecule has 0 saturated carbocycles. The fourth-order valence-electron chi connectivity index (χ4n) is 1.38. The summed E-state index contributed by atoms with van der Waals surface area (Å²) in [5.74, 6) is -3.58. The first-order valence-electron chi connectivity index (χ1n) is 6.18. The molecule has 0 amide bonds. The summed E-state index contributed by atoms with van der Waals surface area (Å²) >= 11 is 0.768. The maximum Gasteiger partial charge on any atom is 0.357 e. The van der Waals surface area contributed by atoms with E-state index in [4.69, 9.17) is 10.8 Å². The Hall–Kier alpha value is -0.640. The van der Waals surface area contributed by atoms with E-state index in [-0.39, 0.29) is 12.3 Å². The molecule has 7 N–H and O–H groups in total. The number of carboxylic acid groups (broad SMARTS) is 2. The van der Waals surface area contributed by atoms with Crippen molar-refractivity contribution in [1.29, 1.82) is 0 Å². The van der Waals surface area contributed by atoms with Gasteiger partial charge in [0.05, 0.1) is 0 Å². The standard InChI is InChI=1S/C10H21N2O7PS/c1-2-3-4-12-10(9(15)16,20(17,18)19)6-21-5-7(11)8(13)14/h7,12H,2-6,11H2,1H3,(H,13,14)(H,15,16)(H2,17,18,19)/t7?,10-/m1/s1. The predicted molar refractivity (Wildman–Crippen MR) is 78.3 cm³/mol. The average Bonchev–Trinajstić information content (AvgIpc) is 2.34. The van der Waals surface area contributed by atoms with Crippen LogP contribution in [0.1, 0.15) is 19.8 Å². The van der Waals surface area contributed by atoms with Gasteiger partial charge in [0.25, 0.3) is 0 Å². The molecule has 0 aromatic heterocycles. The minimum absolute atomic E-state index is 0.124. The normalized spacial score (nSPS) is 16.2. The number of carboxylic acids is 2. The van der Waals surface area contributed by atoms with Gasteiger partial charge in [0, 0.05) is 11.5 Å². The number of nitrogens with two attached hydrogens (primary N) is 1. The van der Waals surface area contributed by atoms with E-state index in [0.717, 1.165) is 18.2 Å². The predicted octanol–water partition coefficient (Wildman–Crippen LogP) is -0.520. The van der Waals surface area contributed by atoms with Gasteiger partial charge in [-0.3, -0.25) is 14.7 Å². The van der Waals surface area contributed by atoms with Crippen molar-refractivity contribution in [2.75, 3.05) is 18.1 Å². The SMILES string of the molecule is CCCCN[C@@](CSCC(N)C(=O)O)(C(=O)O)P(=O)(O)O. The lowest BCUT2D eigenvalue weighted by molar-refractivity contribution is -0.141. The second-order valence-electron chi connectivity index (χ2n) is 4.45. The smallest absolute Gasteiger partial charge is 0.357 e. The molecule has 0 aliphatic carbocycles. The molecule has 0 aliphatic heterocycles. The average molecular weight is 344 g/mol. The Kier molecular flexibility index (Phi) is 8.45. The first-order chi connectivity index (χ1) is 9.58. The zero-order valence-electron chi connectivity index (χ0n) is 11.6. The lowest BCUT2D eigenvalue weighted by Crippen LogP contribution is -2.54. The molecule has 2 atom stereocenters. The van der Waals surface area contributed by atoms with Gasteiger partial charge in [-0.2, -0.15) is 11.8 Å². The van der Waals surface area contributed by atoms with E-state index in [1.165, 1.54) is 0 Å². The molecule has 0 fully saturated rings. The summed E-state index contributed by atoms with van der Waals surface area (Å²) < 4.78 is 11.6. The Morgan fingerprint density at radius 1 is 1.38 bits per heavy atom. The molecule has 0 aromatic rings. The van der Waals surface area contributed by atoms with Gasteiger partial charge in [0.2, 0.25) is 5.28 Å². The number of unbranched alkanes of at least 4 members (excludes halogenated alkanes) is 1. The Morgan fingerprint density at radius 2 is 1.95 bits per heavy atom. The van der Waals surface area contributed by atoms with Crippen molar-refractivity contribution < 1.29 is 34.2 Å². The van der Waals surface area contributed by atoms with Gasteiger partial charge >= 0.3 is 19.5 Å². The quantitative estimate of drug-likeness (QED) is 0.212. The van der Waals surface area contributed by atoms with Crippen molar-refractivity contribution in [3.63, 3.8) is 0 Å². The zero-order valence-corrected chi connectivity index (χ0v) is 13.3. The first-order valence-corrected chi connectivity index (χ1v) is 8.95. The molecular weight excluding hydrogens is 323 g/mol. The summed E-state index contributed by atoms with van der Waals surface area (Å²) in [6, 6.07) is -1.23. The second-order valence-corrected chi connectivity index (χ2v) is 7.33. The highest BCUT2D eigenvalue weighted by Crippen LogP contribution is 2.50. The van der Waals surface area contributed by atoms with Crippen LogP contribution in [0.4, 0.5) is 0 Å². The fourth-order valence-corrected chi connectivity index (χ4v) is 3.93. The van der Waals surface area contributed by atoms with Crippen molar-refractivity contribution in [2.24, 2.45) is 5.73 Å². The molecule has 0 aliphatic rings. The Balaban J connectivity index is 4.98. The van der Waals surface area contributed by atoms with Gasteiger partial charge in [-0.1, -0.05) is 13.3 Å². The van der Waals surface area contributed by atoms with Gasteiger partial charge < -0.3 is 25.7 Å². The van der Waals surface area contributed by atoms with Crippen LogP contribution in [0.5, 0.6) is 0 Å². The van der Waals surface area contributed by atoms with E-state index < -0.39 is 36.6 Å². The third-order valence-corrected chi connectivity index (χ3v) is 5.67. The van der Waals surface area contributed by atoms with Crippen LogP contribution in [0.3, 0.4) is 0 Å². The molecule has 1 unspecified atom stereocenters. The van der Waals surface area contributed by atoms with Crippen LogP contribution in [-0.2, 0) is 14.2 Å². The van der Waals surface area contributed by atoms with E-state index in [1.807, 2.05) is 6.92 Å². The molecule has 21 heavy (non-hydrogen) atoms. The molecule has 0 heterocycles. The number of hydrogen-bond donors (Lipinski definition) is 6. The van der Waals surface area contributed by atoms with Crippen molar-refractivity contribution in [3.05, 3.63) is 0 Å². The number of nitrogens with one attached hydrogen (secondary N) is 1. The van der Waals surface area contributed by atoms with Gasteiger partial charge in [-0.15, -0.1) is 0 Å². The third kappa shape index (κ3) is 5.93. The molecular formula is C10H21N2O7PS. The van der Waals surface area contributed by atoms with Crippen molar-refractivity contribution in [1.82, 2.24) is 5.32 Å². The highest BCUT2D eigenvalue weighted by atomic mass is 32.2. The molecule has 0 bridgehead atoms. The molecule has 0 aromatic carbocycles. The summed E-state index contributed by atoms with van der Waals surface area (Å²) in [6.45, 7) is 1.97. The van der Waals surface area contributed by atoms with Crippen LogP contribution in [0.2, 0.25) is 0 Å². The maximum absolute atomic E-state index is 11.6. The van der Waals surface area contributed by atoms with E-state index >= 15 is 0 Å². The van der Waals surface area contributed by atoms with Crippen molar-refractivity contribution in [3.8, 4) is 0 Å². The van der Waals surface area contributed by atoms with Gasteiger partial charge in [-0.05, 0) is 13.0 Å². The first kappa shape index (κ1) is 20.4. The summed E-state index contributed by atoms with van der Waals surface area (Å²) in [5.41, 5.74) is 5.27. The lowest BCUT2D eigenvalue weighted by Gasteiger charge is -2.31. The summed E-state index contributed by atoms with van der Waals surface area (Å²) in [4.78, 5) is 40.7. The second kappa shape index (κ2) is 8.72. The zero-order chi connectivity index (χ0) is 16.7. The van der Waals surface area contributed by atoms with E-state index in [2.05, 4.69) is 5.32 Å². The van der Waals surface area contributed by atoms with Crippen LogP contribution in [-0.4, -0.2) is 61.3 Å². The minimum Gasteiger partial charge on any atom is -0.480 e. The highest BCUT2D eigenvalue weighted by molar-refractivity contribution is 7.99. The highest BCUT2D eigenvalue weighted by Gasteiger charge is 2.53. The number of rotatable bonds is 11. The Labute approximate surface area is 126 Å². The van der Waals surface area contributed by atoms with E-state index in [0.29, 0.717) is 6.42 Å². The summed E-state index contributed by atoms with van der Waals surface area (Å²) in [7, 11) is -5.01. The third-order valence-electron chi connectivity index (χ3n) is 2.72. The molecule has 124 valence electrons. The molecule has 9 nitrogen and oxygen atoms in total. The van der Waals surface area contributed by atoms with Gasteiger partial charge in [0.1, 0.15) is 6.04 Å². The number of carbonyl (C=O) groups is 2. The molecule has 11 heteroatoms. The fraction of sp³-hybridized carbons (Fsp3) is 0.800. The van der Waals surface area contributed by atoms with Crippen LogP contribution in [0.15, 0.2) is 0 Å². The number of thioether (sulfide) groups is 1. The maximum atomic E-state index is 11.6. The Bertz CT molecular complexity index is 416. The largest absolute Gasteiger partial charge is 0.480 e. The summed E-state index contributed by atoms with van der Waals surface area (Å²) in [5, 5.41) is 17.8. The molecule has 0 spiro atoms. The molecule has 0 saturated heterocycles. The topological polar surface area (TPSA) is 170 Å². The number of aliphatic carboxylic acids is 2. The van der Waals surface area contributed by atoms with Crippen LogP contribution in [0.25, 0.3) is 0 Å².